The first-order valence-electron chi connectivity index (χ1n) is 12.7. The Morgan fingerprint density at radius 1 is 0.270 bits per heavy atom. The predicted octanol–water partition coefficient (Wildman–Crippen LogP) is 10.2. The van der Waals surface area contributed by atoms with E-state index in [9.17, 15) is 0 Å². The van der Waals surface area contributed by atoms with Gasteiger partial charge in [0, 0.05) is 11.4 Å². The summed E-state index contributed by atoms with van der Waals surface area (Å²) in [6.07, 6.45) is 0. The lowest BCUT2D eigenvalue weighted by atomic mass is 9.92. The number of nitrogens with one attached hydrogen (secondary N) is 1. The van der Waals surface area contributed by atoms with E-state index in [2.05, 4.69) is 145 Å². The van der Waals surface area contributed by atoms with Crippen LogP contribution in [0.2, 0.25) is 0 Å². The molecule has 0 saturated heterocycles. The molecule has 0 saturated carbocycles. The van der Waals surface area contributed by atoms with E-state index < -0.39 is 0 Å². The molecular formula is C36H25N. The summed E-state index contributed by atoms with van der Waals surface area (Å²) < 4.78 is 0. The maximum absolute atomic E-state index is 3.54. The van der Waals surface area contributed by atoms with Crippen LogP contribution in [0.1, 0.15) is 0 Å². The third-order valence-electron chi connectivity index (χ3n) is 7.24. The van der Waals surface area contributed by atoms with Crippen molar-refractivity contribution in [1.29, 1.82) is 0 Å². The molecule has 7 rings (SSSR count). The topological polar surface area (TPSA) is 12.0 Å². The van der Waals surface area contributed by atoms with Gasteiger partial charge in [-0.15, -0.1) is 0 Å². The molecule has 0 aromatic heterocycles. The van der Waals surface area contributed by atoms with Crippen LogP contribution in [0, 0.1) is 0 Å². The van der Waals surface area contributed by atoms with E-state index in [1.807, 2.05) is 6.07 Å². The molecule has 0 atom stereocenters. The highest BCUT2D eigenvalue weighted by atomic mass is 14.9. The zero-order valence-corrected chi connectivity index (χ0v) is 20.4. The van der Waals surface area contributed by atoms with Crippen LogP contribution >= 0.6 is 0 Å². The molecule has 0 aliphatic carbocycles. The lowest BCUT2D eigenvalue weighted by Crippen LogP contribution is -1.90. The average Bonchev–Trinajstić information content (AvgIpc) is 2.98. The first kappa shape index (κ1) is 21.4. The molecule has 0 bridgehead atoms. The van der Waals surface area contributed by atoms with Crippen molar-refractivity contribution < 1.29 is 0 Å². The van der Waals surface area contributed by atoms with Gasteiger partial charge in [0.1, 0.15) is 0 Å². The Morgan fingerprint density at radius 3 is 1.19 bits per heavy atom. The quantitative estimate of drug-likeness (QED) is 0.252. The monoisotopic (exact) mass is 471 g/mol. The van der Waals surface area contributed by atoms with Gasteiger partial charge in [0.25, 0.3) is 0 Å². The Bertz CT molecular complexity index is 1830. The highest BCUT2D eigenvalue weighted by molar-refractivity contribution is 6.25. The third kappa shape index (κ3) is 3.91. The Morgan fingerprint density at radius 2 is 0.649 bits per heavy atom. The van der Waals surface area contributed by atoms with Crippen LogP contribution in [0.25, 0.3) is 54.6 Å². The molecule has 0 radical (unpaired) electrons. The standard InChI is InChI=1S/C36H25N/c1-2-8-25(9-3-1)26-14-19-29(20-15-26)37-30-21-16-27(17-22-30)28-18-23-35-33-12-5-4-10-31(33)32-11-6-7-13-34(32)36(35)24-28/h1-24,37H. The summed E-state index contributed by atoms with van der Waals surface area (Å²) >= 11 is 0. The lowest BCUT2D eigenvalue weighted by molar-refractivity contribution is 1.54. The number of fused-ring (bicyclic) bond motifs is 6. The molecule has 0 aliphatic rings. The smallest absolute Gasteiger partial charge is 0.0384 e. The predicted molar refractivity (Wildman–Crippen MR) is 160 cm³/mol. The first-order chi connectivity index (χ1) is 18.3. The van der Waals surface area contributed by atoms with Crippen molar-refractivity contribution in [3.8, 4) is 22.3 Å². The molecule has 0 heterocycles. The second-order valence-corrected chi connectivity index (χ2v) is 9.50. The maximum atomic E-state index is 3.54. The number of benzene rings is 7. The highest BCUT2D eigenvalue weighted by Crippen LogP contribution is 2.37. The summed E-state index contributed by atoms with van der Waals surface area (Å²) in [7, 11) is 0. The highest BCUT2D eigenvalue weighted by Gasteiger charge is 2.09. The number of rotatable bonds is 4. The van der Waals surface area contributed by atoms with Crippen molar-refractivity contribution in [3.05, 3.63) is 146 Å². The Balaban J connectivity index is 1.20. The summed E-state index contributed by atoms with van der Waals surface area (Å²) in [5.74, 6) is 0. The molecule has 1 nitrogen and oxygen atoms in total. The summed E-state index contributed by atoms with van der Waals surface area (Å²) in [5, 5.41) is 11.4. The fourth-order valence-corrected chi connectivity index (χ4v) is 5.38. The SMILES string of the molecule is c1ccc(-c2ccc(Nc3ccc(-c4ccc5c6ccccc6c6ccccc6c5c4)cc3)cc2)cc1. The minimum absolute atomic E-state index is 1.08. The average molecular weight is 472 g/mol. The van der Waals surface area contributed by atoms with Crippen molar-refractivity contribution in [2.24, 2.45) is 0 Å². The van der Waals surface area contributed by atoms with Gasteiger partial charge in [0.05, 0.1) is 0 Å². The molecule has 0 amide bonds. The van der Waals surface area contributed by atoms with Crippen LogP contribution in [-0.4, -0.2) is 0 Å². The van der Waals surface area contributed by atoms with Gasteiger partial charge in [-0.05, 0) is 84.9 Å². The van der Waals surface area contributed by atoms with Crippen molar-refractivity contribution >= 4 is 43.7 Å². The fraction of sp³-hybridized carbons (Fsp3) is 0. The van der Waals surface area contributed by atoms with E-state index in [-0.39, 0.29) is 0 Å². The zero-order chi connectivity index (χ0) is 24.6. The number of hydrogen-bond donors (Lipinski definition) is 1. The van der Waals surface area contributed by atoms with Gasteiger partial charge in [-0.25, -0.2) is 0 Å². The third-order valence-corrected chi connectivity index (χ3v) is 7.24. The second-order valence-electron chi connectivity index (χ2n) is 9.50. The van der Waals surface area contributed by atoms with Crippen LogP contribution in [0.15, 0.2) is 146 Å². The van der Waals surface area contributed by atoms with Gasteiger partial charge in [0.15, 0.2) is 0 Å². The van der Waals surface area contributed by atoms with Crippen molar-refractivity contribution in [3.63, 3.8) is 0 Å². The molecule has 0 aliphatic heterocycles. The van der Waals surface area contributed by atoms with E-state index >= 15 is 0 Å². The van der Waals surface area contributed by atoms with Gasteiger partial charge in [-0.3, -0.25) is 0 Å². The molecule has 7 aromatic carbocycles. The summed E-state index contributed by atoms with van der Waals surface area (Å²) in [6.45, 7) is 0. The van der Waals surface area contributed by atoms with Crippen LogP contribution in [0.5, 0.6) is 0 Å². The van der Waals surface area contributed by atoms with E-state index in [0.29, 0.717) is 0 Å². The summed E-state index contributed by atoms with van der Waals surface area (Å²) in [6, 6.07) is 52.1. The summed E-state index contributed by atoms with van der Waals surface area (Å²) in [5.41, 5.74) is 7.05. The molecule has 0 spiro atoms. The van der Waals surface area contributed by atoms with Crippen molar-refractivity contribution in [2.45, 2.75) is 0 Å². The lowest BCUT2D eigenvalue weighted by Gasteiger charge is -2.12. The largest absolute Gasteiger partial charge is 0.356 e. The number of anilines is 2. The Labute approximate surface area is 216 Å². The number of hydrogen-bond acceptors (Lipinski definition) is 1. The van der Waals surface area contributed by atoms with Gasteiger partial charge >= 0.3 is 0 Å². The van der Waals surface area contributed by atoms with Crippen molar-refractivity contribution in [2.75, 3.05) is 5.32 Å². The molecule has 1 heteroatoms. The van der Waals surface area contributed by atoms with Gasteiger partial charge in [0.2, 0.25) is 0 Å². The van der Waals surface area contributed by atoms with Gasteiger partial charge in [-0.2, -0.15) is 0 Å². The van der Waals surface area contributed by atoms with Crippen LogP contribution in [0.3, 0.4) is 0 Å². The van der Waals surface area contributed by atoms with E-state index in [1.54, 1.807) is 0 Å². The Kier molecular flexibility index (Phi) is 5.19. The molecule has 7 aromatic rings. The second kappa shape index (κ2) is 8.96. The molecule has 0 fully saturated rings. The fourth-order valence-electron chi connectivity index (χ4n) is 5.38. The van der Waals surface area contributed by atoms with E-state index in [4.69, 9.17) is 0 Å². The van der Waals surface area contributed by atoms with Crippen LogP contribution < -0.4 is 5.32 Å². The van der Waals surface area contributed by atoms with Crippen molar-refractivity contribution in [1.82, 2.24) is 0 Å². The van der Waals surface area contributed by atoms with E-state index in [1.165, 1.54) is 54.6 Å². The molecular weight excluding hydrogens is 446 g/mol. The Hall–Kier alpha value is -4.88. The van der Waals surface area contributed by atoms with E-state index in [0.717, 1.165) is 11.4 Å². The molecule has 0 unspecified atom stereocenters. The maximum Gasteiger partial charge on any atom is 0.0384 e. The minimum atomic E-state index is 1.08. The van der Waals surface area contributed by atoms with Crippen LogP contribution in [0.4, 0.5) is 11.4 Å². The molecule has 174 valence electrons. The minimum Gasteiger partial charge on any atom is -0.356 e. The molecule has 1 N–H and O–H groups in total. The normalized spacial score (nSPS) is 11.2. The first-order valence-corrected chi connectivity index (χ1v) is 12.7. The molecule has 37 heavy (non-hydrogen) atoms. The zero-order valence-electron chi connectivity index (χ0n) is 20.4. The van der Waals surface area contributed by atoms with Gasteiger partial charge < -0.3 is 5.32 Å². The summed E-state index contributed by atoms with van der Waals surface area (Å²) in [4.78, 5) is 0. The van der Waals surface area contributed by atoms with Crippen LogP contribution in [-0.2, 0) is 0 Å². The van der Waals surface area contributed by atoms with Gasteiger partial charge in [-0.1, -0.05) is 115 Å².